The highest BCUT2D eigenvalue weighted by molar-refractivity contribution is 5.60. The van der Waals surface area contributed by atoms with Gasteiger partial charge in [0.05, 0.1) is 0 Å². The number of aryl methyl sites for hydroxylation is 2. The first-order valence-electron chi connectivity index (χ1n) is 13.2. The molecule has 4 rings (SSSR count). The number of ether oxygens (including phenoxy) is 2. The summed E-state index contributed by atoms with van der Waals surface area (Å²) in [4.78, 5) is 0. The van der Waals surface area contributed by atoms with E-state index in [-0.39, 0.29) is 0 Å². The molecule has 0 fully saturated rings. The molecule has 0 atom stereocenters. The van der Waals surface area contributed by atoms with E-state index in [0.717, 1.165) is 29.4 Å². The molecular weight excluding hydrogens is 452 g/mol. The van der Waals surface area contributed by atoms with Crippen LogP contribution in [0.2, 0.25) is 0 Å². The molecule has 0 aliphatic heterocycles. The Hall–Kier alpha value is -3.52. The minimum absolute atomic E-state index is 0.880. The molecule has 4 aromatic carbocycles. The van der Waals surface area contributed by atoms with Crippen LogP contribution in [-0.2, 0) is 6.42 Å². The molecule has 0 amide bonds. The van der Waals surface area contributed by atoms with Gasteiger partial charge in [0.15, 0.2) is 0 Å². The zero-order chi connectivity index (χ0) is 27.0. The maximum absolute atomic E-state index is 6.41. The normalized spacial score (nSPS) is 11.1. The second-order valence-electron chi connectivity index (χ2n) is 10.6. The third-order valence-corrected chi connectivity index (χ3v) is 8.26. The van der Waals surface area contributed by atoms with Crippen LogP contribution in [0, 0.1) is 69.2 Å². The fraction of sp³-hybridized carbons (Fsp3) is 0.314. The Morgan fingerprint density at radius 2 is 0.649 bits per heavy atom. The minimum atomic E-state index is 0.880. The van der Waals surface area contributed by atoms with E-state index in [1.165, 1.54) is 66.8 Å². The molecule has 0 aromatic heterocycles. The van der Waals surface area contributed by atoms with Gasteiger partial charge in [-0.25, -0.2) is 0 Å². The molecule has 37 heavy (non-hydrogen) atoms. The van der Waals surface area contributed by atoms with Crippen molar-refractivity contribution in [3.63, 3.8) is 0 Å². The first-order valence-corrected chi connectivity index (χ1v) is 13.2. The summed E-state index contributed by atoms with van der Waals surface area (Å²) in [7, 11) is 0. The number of hydrogen-bond acceptors (Lipinski definition) is 2. The van der Waals surface area contributed by atoms with Crippen LogP contribution in [0.4, 0.5) is 0 Å². The van der Waals surface area contributed by atoms with Crippen molar-refractivity contribution < 1.29 is 9.47 Å². The van der Waals surface area contributed by atoms with Crippen molar-refractivity contribution in [1.82, 2.24) is 0 Å². The highest BCUT2D eigenvalue weighted by Gasteiger charge is 2.21. The van der Waals surface area contributed by atoms with Crippen LogP contribution in [0.3, 0.4) is 0 Å². The van der Waals surface area contributed by atoms with Gasteiger partial charge in [-0.15, -0.1) is 0 Å². The molecule has 0 unspecified atom stereocenters. The molecule has 0 bridgehead atoms. The van der Waals surface area contributed by atoms with E-state index < -0.39 is 0 Å². The van der Waals surface area contributed by atoms with Crippen molar-refractivity contribution >= 4 is 0 Å². The third-order valence-electron chi connectivity index (χ3n) is 8.26. The summed E-state index contributed by atoms with van der Waals surface area (Å²) in [5, 5.41) is 0. The summed E-state index contributed by atoms with van der Waals surface area (Å²) >= 11 is 0. The molecule has 0 aliphatic carbocycles. The van der Waals surface area contributed by atoms with Gasteiger partial charge in [-0.2, -0.15) is 0 Å². The van der Waals surface area contributed by atoms with Crippen molar-refractivity contribution in [1.29, 1.82) is 0 Å². The Labute approximate surface area is 223 Å². The van der Waals surface area contributed by atoms with Gasteiger partial charge in [0.2, 0.25) is 0 Å². The van der Waals surface area contributed by atoms with Crippen LogP contribution >= 0.6 is 0 Å². The molecule has 0 saturated carbocycles. The van der Waals surface area contributed by atoms with Crippen LogP contribution in [-0.4, -0.2) is 0 Å². The van der Waals surface area contributed by atoms with E-state index >= 15 is 0 Å². The molecule has 192 valence electrons. The monoisotopic (exact) mass is 492 g/mol. The molecule has 0 radical (unpaired) electrons. The standard InChI is InChI=1S/C35H40O2/c1-20-11-15-30(16-12-20)36-34-26(7)22(3)32(23(4)27(34)8)19-33-24(5)28(9)35(29(10)25(33)6)37-31-17-13-21(2)14-18-31/h11-18H,19H2,1-10H3. The van der Waals surface area contributed by atoms with E-state index in [4.69, 9.17) is 9.47 Å². The fourth-order valence-corrected chi connectivity index (χ4v) is 5.17. The van der Waals surface area contributed by atoms with Gasteiger partial charge in [0, 0.05) is 0 Å². The van der Waals surface area contributed by atoms with Crippen molar-refractivity contribution in [3.05, 3.63) is 115 Å². The zero-order valence-corrected chi connectivity index (χ0v) is 24.1. The van der Waals surface area contributed by atoms with Crippen molar-refractivity contribution in [2.45, 2.75) is 75.7 Å². The van der Waals surface area contributed by atoms with Gasteiger partial charge >= 0.3 is 0 Å². The van der Waals surface area contributed by atoms with Crippen LogP contribution in [0.25, 0.3) is 0 Å². The molecule has 0 N–H and O–H groups in total. The molecule has 0 saturated heterocycles. The smallest absolute Gasteiger partial charge is 0.133 e. The highest BCUT2D eigenvalue weighted by Crippen LogP contribution is 2.40. The van der Waals surface area contributed by atoms with E-state index in [0.29, 0.717) is 0 Å². The quantitative estimate of drug-likeness (QED) is 0.267. The summed E-state index contributed by atoms with van der Waals surface area (Å²) in [5.74, 6) is 3.71. The van der Waals surface area contributed by atoms with Gasteiger partial charge in [0.25, 0.3) is 0 Å². The van der Waals surface area contributed by atoms with Crippen molar-refractivity contribution in [2.75, 3.05) is 0 Å². The van der Waals surface area contributed by atoms with E-state index in [9.17, 15) is 0 Å². The summed E-state index contributed by atoms with van der Waals surface area (Å²) in [6, 6.07) is 16.6. The molecule has 2 heteroatoms. The predicted octanol–water partition coefficient (Wildman–Crippen LogP) is 9.95. The van der Waals surface area contributed by atoms with Crippen molar-refractivity contribution in [2.24, 2.45) is 0 Å². The largest absolute Gasteiger partial charge is 0.457 e. The molecular formula is C35H40O2. The molecule has 4 aromatic rings. The third kappa shape index (κ3) is 5.16. The first kappa shape index (κ1) is 26.5. The minimum Gasteiger partial charge on any atom is -0.457 e. The second kappa shape index (κ2) is 10.5. The lowest BCUT2D eigenvalue weighted by atomic mass is 9.84. The Balaban J connectivity index is 1.73. The van der Waals surface area contributed by atoms with E-state index in [2.05, 4.69) is 93.5 Å². The second-order valence-corrected chi connectivity index (χ2v) is 10.6. The Bertz CT molecular complexity index is 1280. The lowest BCUT2D eigenvalue weighted by molar-refractivity contribution is 0.473. The SMILES string of the molecule is Cc1ccc(Oc2c(C)c(C)c(Cc3c(C)c(C)c(Oc4ccc(C)cc4)c(C)c3C)c(C)c2C)cc1. The molecule has 0 aliphatic rings. The maximum atomic E-state index is 6.41. The predicted molar refractivity (Wildman–Crippen MR) is 156 cm³/mol. The lowest BCUT2D eigenvalue weighted by Crippen LogP contribution is -2.08. The molecule has 0 spiro atoms. The van der Waals surface area contributed by atoms with Gasteiger partial charge in [0.1, 0.15) is 23.0 Å². The highest BCUT2D eigenvalue weighted by atomic mass is 16.5. The van der Waals surface area contributed by atoms with Gasteiger partial charge in [-0.3, -0.25) is 0 Å². The van der Waals surface area contributed by atoms with Gasteiger partial charge < -0.3 is 9.47 Å². The summed E-state index contributed by atoms with van der Waals surface area (Å²) in [6.45, 7) is 21.9. The van der Waals surface area contributed by atoms with Gasteiger partial charge in [-0.1, -0.05) is 35.4 Å². The Morgan fingerprint density at radius 1 is 0.378 bits per heavy atom. The number of rotatable bonds is 6. The van der Waals surface area contributed by atoms with Crippen molar-refractivity contribution in [3.8, 4) is 23.0 Å². The zero-order valence-electron chi connectivity index (χ0n) is 24.1. The molecule has 0 heterocycles. The summed E-state index contributed by atoms with van der Waals surface area (Å²) in [5.41, 5.74) is 15.3. The summed E-state index contributed by atoms with van der Waals surface area (Å²) in [6.07, 6.45) is 0.897. The lowest BCUT2D eigenvalue weighted by Gasteiger charge is -2.24. The topological polar surface area (TPSA) is 18.5 Å². The number of hydrogen-bond donors (Lipinski definition) is 0. The van der Waals surface area contributed by atoms with Gasteiger partial charge in [-0.05, 0) is 156 Å². The number of benzene rings is 4. The maximum Gasteiger partial charge on any atom is 0.133 e. The summed E-state index contributed by atoms with van der Waals surface area (Å²) < 4.78 is 12.8. The average Bonchev–Trinajstić information content (AvgIpc) is 2.88. The van der Waals surface area contributed by atoms with E-state index in [1.54, 1.807) is 0 Å². The van der Waals surface area contributed by atoms with Crippen LogP contribution in [0.1, 0.15) is 66.8 Å². The van der Waals surface area contributed by atoms with Crippen LogP contribution in [0.5, 0.6) is 23.0 Å². The Morgan fingerprint density at radius 3 is 0.919 bits per heavy atom. The average molecular weight is 493 g/mol. The molecule has 2 nitrogen and oxygen atoms in total. The fourth-order valence-electron chi connectivity index (χ4n) is 5.17. The first-order chi connectivity index (χ1) is 17.5. The van der Waals surface area contributed by atoms with E-state index in [1.807, 2.05) is 24.3 Å². The van der Waals surface area contributed by atoms with Crippen LogP contribution in [0.15, 0.2) is 48.5 Å². The van der Waals surface area contributed by atoms with Crippen LogP contribution < -0.4 is 9.47 Å². The Kier molecular flexibility index (Phi) is 7.50.